The molecule has 0 fully saturated rings. The number of nitrogens with one attached hydrogen (secondary N) is 1. The first-order valence-corrected chi connectivity index (χ1v) is 6.65. The number of nitrogens with two attached hydrogens (primary N) is 1. The summed E-state index contributed by atoms with van der Waals surface area (Å²) in [5, 5.41) is 18.2. The van der Waals surface area contributed by atoms with Gasteiger partial charge in [-0.15, -0.1) is 0 Å². The Morgan fingerprint density at radius 2 is 1.84 bits per heavy atom. The molecule has 9 heteroatoms. The van der Waals surface area contributed by atoms with Gasteiger partial charge in [-0.25, -0.2) is 21.9 Å². The summed E-state index contributed by atoms with van der Waals surface area (Å²) in [7, 11) is -4.51. The Morgan fingerprint density at radius 3 is 2.26 bits per heavy atom. The van der Waals surface area contributed by atoms with E-state index >= 15 is 0 Å². The molecule has 5 N–H and O–H groups in total. The van der Waals surface area contributed by atoms with Crippen LogP contribution < -0.4 is 10.5 Å². The minimum Gasteiger partial charge on any atom is -0.399 e. The number of halogens is 2. The van der Waals surface area contributed by atoms with Crippen LogP contribution in [0.4, 0.5) is 14.5 Å². The second kappa shape index (κ2) is 5.37. The Labute approximate surface area is 108 Å². The minimum absolute atomic E-state index is 0.253. The van der Waals surface area contributed by atoms with E-state index in [0.29, 0.717) is 12.1 Å². The molecule has 0 radical (unpaired) electrons. The molecule has 1 aromatic carbocycles. The van der Waals surface area contributed by atoms with Gasteiger partial charge in [-0.3, -0.25) is 0 Å². The summed E-state index contributed by atoms with van der Waals surface area (Å²) in [6.07, 6.45) is 0. The lowest BCUT2D eigenvalue weighted by Gasteiger charge is -2.20. The number of sulfonamides is 1. The van der Waals surface area contributed by atoms with Crippen LogP contribution in [0.25, 0.3) is 0 Å². The van der Waals surface area contributed by atoms with Crippen LogP contribution in [0.5, 0.6) is 0 Å². The van der Waals surface area contributed by atoms with Gasteiger partial charge in [0, 0.05) is 12.2 Å². The SMILES string of the molecule is CC(O)(CO)CNS(=O)(=O)c1c(F)cc(N)cc1F. The molecule has 108 valence electrons. The van der Waals surface area contributed by atoms with Crippen LogP contribution in [0.3, 0.4) is 0 Å². The van der Waals surface area contributed by atoms with E-state index in [4.69, 9.17) is 10.8 Å². The summed E-state index contributed by atoms with van der Waals surface area (Å²) in [5.74, 6) is -2.68. The van der Waals surface area contributed by atoms with Crippen molar-refractivity contribution in [2.24, 2.45) is 0 Å². The zero-order valence-corrected chi connectivity index (χ0v) is 10.8. The fourth-order valence-electron chi connectivity index (χ4n) is 1.21. The average molecular weight is 296 g/mol. The van der Waals surface area contributed by atoms with Crippen LogP contribution >= 0.6 is 0 Å². The van der Waals surface area contributed by atoms with E-state index in [1.54, 1.807) is 0 Å². The second-order valence-electron chi connectivity index (χ2n) is 4.29. The number of benzene rings is 1. The van der Waals surface area contributed by atoms with Gasteiger partial charge in [-0.05, 0) is 19.1 Å². The second-order valence-corrected chi connectivity index (χ2v) is 6.00. The van der Waals surface area contributed by atoms with Gasteiger partial charge in [0.1, 0.15) is 11.6 Å². The number of rotatable bonds is 5. The van der Waals surface area contributed by atoms with Gasteiger partial charge in [0.15, 0.2) is 4.90 Å². The third-order valence-electron chi connectivity index (χ3n) is 2.27. The highest BCUT2D eigenvalue weighted by molar-refractivity contribution is 7.89. The lowest BCUT2D eigenvalue weighted by atomic mass is 10.1. The molecule has 0 saturated carbocycles. The Kier molecular flexibility index (Phi) is 4.46. The molecule has 0 aliphatic rings. The van der Waals surface area contributed by atoms with E-state index in [9.17, 15) is 22.3 Å². The molecule has 0 spiro atoms. The highest BCUT2D eigenvalue weighted by Gasteiger charge is 2.28. The van der Waals surface area contributed by atoms with Crippen molar-refractivity contribution in [1.82, 2.24) is 4.72 Å². The molecule has 1 rings (SSSR count). The Morgan fingerprint density at radius 1 is 1.37 bits per heavy atom. The first-order valence-electron chi connectivity index (χ1n) is 5.16. The van der Waals surface area contributed by atoms with Crippen molar-refractivity contribution in [2.45, 2.75) is 17.4 Å². The molecule has 0 aliphatic carbocycles. The van der Waals surface area contributed by atoms with E-state index in [2.05, 4.69) is 0 Å². The first-order chi connectivity index (χ1) is 8.59. The summed E-state index contributed by atoms with van der Waals surface area (Å²) in [4.78, 5) is -1.18. The molecule has 0 aliphatic heterocycles. The zero-order valence-electron chi connectivity index (χ0n) is 10.0. The number of hydrogen-bond donors (Lipinski definition) is 4. The lowest BCUT2D eigenvalue weighted by Crippen LogP contribution is -2.43. The maximum absolute atomic E-state index is 13.5. The van der Waals surface area contributed by atoms with E-state index in [1.165, 1.54) is 0 Å². The fourth-order valence-corrected chi connectivity index (χ4v) is 2.49. The molecule has 0 aromatic heterocycles. The molecule has 0 bridgehead atoms. The molecule has 19 heavy (non-hydrogen) atoms. The highest BCUT2D eigenvalue weighted by atomic mass is 32.2. The summed E-state index contributed by atoms with van der Waals surface area (Å²) >= 11 is 0. The normalized spacial score (nSPS) is 15.2. The van der Waals surface area contributed by atoms with Crippen molar-refractivity contribution in [3.05, 3.63) is 23.8 Å². The minimum atomic E-state index is -4.51. The predicted molar refractivity (Wildman–Crippen MR) is 63.7 cm³/mol. The molecule has 0 heterocycles. The van der Waals surface area contributed by atoms with Crippen molar-refractivity contribution < 1.29 is 27.4 Å². The number of nitrogen functional groups attached to an aromatic ring is 1. The molecular weight excluding hydrogens is 282 g/mol. The molecule has 6 nitrogen and oxygen atoms in total. The van der Waals surface area contributed by atoms with Crippen LogP contribution in [0.15, 0.2) is 17.0 Å². The predicted octanol–water partition coefficient (Wildman–Crippen LogP) is -0.431. The summed E-state index contributed by atoms with van der Waals surface area (Å²) in [6.45, 7) is -0.164. The van der Waals surface area contributed by atoms with E-state index < -0.39 is 45.3 Å². The van der Waals surface area contributed by atoms with Crippen LogP contribution in [-0.2, 0) is 10.0 Å². The number of aliphatic hydroxyl groups is 2. The monoisotopic (exact) mass is 296 g/mol. The Balaban J connectivity index is 3.09. The fraction of sp³-hybridized carbons (Fsp3) is 0.400. The van der Waals surface area contributed by atoms with Gasteiger partial charge in [-0.1, -0.05) is 0 Å². The molecule has 1 aromatic rings. The van der Waals surface area contributed by atoms with Crippen molar-refractivity contribution in [3.63, 3.8) is 0 Å². The smallest absolute Gasteiger partial charge is 0.246 e. The van der Waals surface area contributed by atoms with E-state index in [-0.39, 0.29) is 5.69 Å². The largest absolute Gasteiger partial charge is 0.399 e. The summed E-state index contributed by atoms with van der Waals surface area (Å²) in [6, 6.07) is 1.34. The van der Waals surface area contributed by atoms with Crippen molar-refractivity contribution >= 4 is 15.7 Å². The van der Waals surface area contributed by atoms with E-state index in [0.717, 1.165) is 6.92 Å². The quantitative estimate of drug-likeness (QED) is 0.551. The zero-order chi connectivity index (χ0) is 14.8. The van der Waals surface area contributed by atoms with Gasteiger partial charge in [0.05, 0.1) is 12.2 Å². The van der Waals surface area contributed by atoms with Crippen LogP contribution in [-0.4, -0.2) is 37.4 Å². The van der Waals surface area contributed by atoms with Gasteiger partial charge >= 0.3 is 0 Å². The van der Waals surface area contributed by atoms with Crippen molar-refractivity contribution in [2.75, 3.05) is 18.9 Å². The molecule has 0 amide bonds. The summed E-state index contributed by atoms with van der Waals surface area (Å²) in [5.41, 5.74) is 3.17. The Hall–Kier alpha value is -1.29. The van der Waals surface area contributed by atoms with Crippen molar-refractivity contribution in [1.29, 1.82) is 0 Å². The Bertz CT molecular complexity index is 552. The lowest BCUT2D eigenvalue weighted by molar-refractivity contribution is 0.00679. The van der Waals surface area contributed by atoms with Gasteiger partial charge < -0.3 is 15.9 Å². The standard InChI is InChI=1S/C10H14F2N2O4S/c1-10(16,5-15)4-14-19(17,18)9-7(11)2-6(13)3-8(9)12/h2-3,14-16H,4-5,13H2,1H3. The van der Waals surface area contributed by atoms with Crippen LogP contribution in [0.1, 0.15) is 6.92 Å². The number of hydrogen-bond acceptors (Lipinski definition) is 5. The van der Waals surface area contributed by atoms with Gasteiger partial charge in [0.2, 0.25) is 10.0 Å². The maximum Gasteiger partial charge on any atom is 0.246 e. The van der Waals surface area contributed by atoms with Gasteiger partial charge in [-0.2, -0.15) is 0 Å². The van der Waals surface area contributed by atoms with Crippen LogP contribution in [0, 0.1) is 11.6 Å². The molecule has 0 saturated heterocycles. The van der Waals surface area contributed by atoms with Crippen LogP contribution in [0.2, 0.25) is 0 Å². The first kappa shape index (κ1) is 15.8. The van der Waals surface area contributed by atoms with E-state index in [1.807, 2.05) is 4.72 Å². The van der Waals surface area contributed by atoms with Gasteiger partial charge in [0.25, 0.3) is 0 Å². The average Bonchev–Trinajstić information content (AvgIpc) is 2.25. The topological polar surface area (TPSA) is 113 Å². The summed E-state index contributed by atoms with van der Waals surface area (Å²) < 4.78 is 52.2. The molecule has 1 atom stereocenters. The number of anilines is 1. The maximum atomic E-state index is 13.5. The van der Waals surface area contributed by atoms with Crippen molar-refractivity contribution in [3.8, 4) is 0 Å². The molecular formula is C10H14F2N2O4S. The third-order valence-corrected chi connectivity index (χ3v) is 3.72. The number of aliphatic hydroxyl groups excluding tert-OH is 1. The molecule has 1 unspecified atom stereocenters. The third kappa shape index (κ3) is 3.83. The highest BCUT2D eigenvalue weighted by Crippen LogP contribution is 2.21.